The molecule has 0 unspecified atom stereocenters. The summed E-state index contributed by atoms with van der Waals surface area (Å²) in [5, 5.41) is 25.9. The minimum Gasteiger partial charge on any atom is -0.481 e. The lowest BCUT2D eigenvalue weighted by atomic mass is 9.95. The molecule has 1 aliphatic rings. The van der Waals surface area contributed by atoms with Crippen LogP contribution in [0.25, 0.3) is 0 Å². The lowest BCUT2D eigenvalue weighted by molar-refractivity contribution is -0.138. The van der Waals surface area contributed by atoms with Crippen molar-refractivity contribution in [3.63, 3.8) is 0 Å². The van der Waals surface area contributed by atoms with Crippen LogP contribution in [0.4, 0.5) is 5.82 Å². The number of hydrogen-bond acceptors (Lipinski definition) is 5. The first-order valence-electron chi connectivity index (χ1n) is 5.73. The van der Waals surface area contributed by atoms with Crippen LogP contribution in [0.1, 0.15) is 23.2 Å². The van der Waals surface area contributed by atoms with Gasteiger partial charge in [-0.25, -0.2) is 0 Å². The largest absolute Gasteiger partial charge is 0.481 e. The monoisotopic (exact) mass is 246 g/mol. The zero-order valence-electron chi connectivity index (χ0n) is 10.3. The Labute approximate surface area is 105 Å². The molecule has 0 saturated carbocycles. The number of rotatable bonds is 3. The standard InChI is InChI=1S/C12H14N4O2/c1-7-8(2)14-15-12(10(7)4-13)16-5-9(6-16)3-11(17)18/h9H,3,5-6H2,1-2H3,(H,17,18). The second-order valence-corrected chi connectivity index (χ2v) is 4.59. The van der Waals surface area contributed by atoms with Crippen molar-refractivity contribution in [1.82, 2.24) is 10.2 Å². The van der Waals surface area contributed by atoms with Crippen LogP contribution in [0.15, 0.2) is 0 Å². The van der Waals surface area contributed by atoms with Crippen LogP contribution in [0.2, 0.25) is 0 Å². The molecule has 0 radical (unpaired) electrons. The Morgan fingerprint density at radius 2 is 2.17 bits per heavy atom. The van der Waals surface area contributed by atoms with Gasteiger partial charge in [-0.15, -0.1) is 5.10 Å². The number of aromatic nitrogens is 2. The fraction of sp³-hybridized carbons (Fsp3) is 0.500. The van der Waals surface area contributed by atoms with Gasteiger partial charge in [-0.05, 0) is 19.4 Å². The molecule has 0 aromatic carbocycles. The van der Waals surface area contributed by atoms with E-state index in [4.69, 9.17) is 10.4 Å². The molecule has 0 atom stereocenters. The number of aryl methyl sites for hydroxylation is 1. The van der Waals surface area contributed by atoms with Crippen LogP contribution >= 0.6 is 0 Å². The van der Waals surface area contributed by atoms with Crippen LogP contribution in [-0.4, -0.2) is 34.4 Å². The summed E-state index contributed by atoms with van der Waals surface area (Å²) in [6.07, 6.45) is 0.163. The van der Waals surface area contributed by atoms with Gasteiger partial charge < -0.3 is 10.0 Å². The minimum atomic E-state index is -0.786. The maximum Gasteiger partial charge on any atom is 0.303 e. The average Bonchev–Trinajstić information content (AvgIpc) is 2.27. The molecule has 1 fully saturated rings. The molecule has 1 aromatic rings. The fourth-order valence-corrected chi connectivity index (χ4v) is 2.07. The summed E-state index contributed by atoms with van der Waals surface area (Å²) in [5.74, 6) is -0.0778. The highest BCUT2D eigenvalue weighted by atomic mass is 16.4. The lowest BCUT2D eigenvalue weighted by Gasteiger charge is -2.39. The van der Waals surface area contributed by atoms with Gasteiger partial charge in [0.1, 0.15) is 11.6 Å². The van der Waals surface area contributed by atoms with Crippen LogP contribution in [0.3, 0.4) is 0 Å². The molecule has 2 rings (SSSR count). The summed E-state index contributed by atoms with van der Waals surface area (Å²) >= 11 is 0. The van der Waals surface area contributed by atoms with E-state index in [2.05, 4.69) is 16.3 Å². The number of nitriles is 1. The number of aliphatic carboxylic acids is 1. The molecule has 0 aliphatic carbocycles. The van der Waals surface area contributed by atoms with E-state index in [1.807, 2.05) is 18.7 Å². The summed E-state index contributed by atoms with van der Waals surface area (Å²) in [5.41, 5.74) is 2.12. The first kappa shape index (κ1) is 12.3. The predicted octanol–water partition coefficient (Wildman–Crippen LogP) is 0.876. The summed E-state index contributed by atoms with van der Waals surface area (Å²) in [6, 6.07) is 2.15. The molecular formula is C12H14N4O2. The highest BCUT2D eigenvalue weighted by molar-refractivity contribution is 5.68. The molecule has 6 heteroatoms. The Balaban J connectivity index is 2.15. The van der Waals surface area contributed by atoms with Crippen LogP contribution in [-0.2, 0) is 4.79 Å². The van der Waals surface area contributed by atoms with E-state index < -0.39 is 5.97 Å². The third-order valence-electron chi connectivity index (χ3n) is 3.27. The molecule has 0 bridgehead atoms. The van der Waals surface area contributed by atoms with Gasteiger partial charge in [0, 0.05) is 19.0 Å². The van der Waals surface area contributed by atoms with E-state index in [0.29, 0.717) is 24.5 Å². The number of anilines is 1. The fourth-order valence-electron chi connectivity index (χ4n) is 2.07. The predicted molar refractivity (Wildman–Crippen MR) is 64.2 cm³/mol. The Hall–Kier alpha value is -2.16. The number of carboxylic acid groups (broad SMARTS) is 1. The van der Waals surface area contributed by atoms with E-state index in [1.54, 1.807) is 0 Å². The second kappa shape index (κ2) is 4.61. The van der Waals surface area contributed by atoms with Crippen LogP contribution in [0, 0.1) is 31.1 Å². The van der Waals surface area contributed by atoms with Crippen molar-refractivity contribution < 1.29 is 9.90 Å². The maximum absolute atomic E-state index is 10.6. The highest BCUT2D eigenvalue weighted by Gasteiger charge is 2.31. The first-order chi connectivity index (χ1) is 8.52. The highest BCUT2D eigenvalue weighted by Crippen LogP contribution is 2.28. The summed E-state index contributed by atoms with van der Waals surface area (Å²) in [4.78, 5) is 12.5. The molecular weight excluding hydrogens is 232 g/mol. The van der Waals surface area contributed by atoms with Crippen molar-refractivity contribution in [2.24, 2.45) is 5.92 Å². The van der Waals surface area contributed by atoms with E-state index >= 15 is 0 Å². The third-order valence-corrected chi connectivity index (χ3v) is 3.27. The molecule has 94 valence electrons. The molecule has 1 aromatic heterocycles. The van der Waals surface area contributed by atoms with Crippen LogP contribution in [0.5, 0.6) is 0 Å². The van der Waals surface area contributed by atoms with Crippen molar-refractivity contribution in [3.8, 4) is 6.07 Å². The molecule has 1 saturated heterocycles. The molecule has 1 aliphatic heterocycles. The third kappa shape index (κ3) is 2.12. The molecule has 2 heterocycles. The van der Waals surface area contributed by atoms with Gasteiger partial charge in [0.2, 0.25) is 0 Å². The topological polar surface area (TPSA) is 90.1 Å². The van der Waals surface area contributed by atoms with E-state index in [1.165, 1.54) is 0 Å². The minimum absolute atomic E-state index is 0.137. The van der Waals surface area contributed by atoms with Crippen molar-refractivity contribution in [2.75, 3.05) is 18.0 Å². The van der Waals surface area contributed by atoms with Gasteiger partial charge in [-0.2, -0.15) is 10.4 Å². The quantitative estimate of drug-likeness (QED) is 0.851. The molecule has 0 amide bonds. The number of carbonyl (C=O) groups is 1. The summed E-state index contributed by atoms with van der Waals surface area (Å²) < 4.78 is 0. The SMILES string of the molecule is Cc1nnc(N2CC(CC(=O)O)C2)c(C#N)c1C. The lowest BCUT2D eigenvalue weighted by Crippen LogP contribution is -2.48. The summed E-state index contributed by atoms with van der Waals surface area (Å²) in [7, 11) is 0. The second-order valence-electron chi connectivity index (χ2n) is 4.59. The maximum atomic E-state index is 10.6. The Bertz CT molecular complexity index is 530. The van der Waals surface area contributed by atoms with E-state index in [-0.39, 0.29) is 12.3 Å². The van der Waals surface area contributed by atoms with Crippen LogP contribution < -0.4 is 4.90 Å². The molecule has 6 nitrogen and oxygen atoms in total. The Morgan fingerprint density at radius 3 is 2.72 bits per heavy atom. The number of hydrogen-bond donors (Lipinski definition) is 1. The summed E-state index contributed by atoms with van der Waals surface area (Å²) in [6.45, 7) is 4.91. The number of carboxylic acids is 1. The first-order valence-corrected chi connectivity index (χ1v) is 5.73. The molecule has 0 spiro atoms. The molecule has 18 heavy (non-hydrogen) atoms. The van der Waals surface area contributed by atoms with Gasteiger partial charge >= 0.3 is 5.97 Å². The van der Waals surface area contributed by atoms with E-state index in [0.717, 1.165) is 11.3 Å². The van der Waals surface area contributed by atoms with Gasteiger partial charge in [0.25, 0.3) is 0 Å². The molecule has 1 N–H and O–H groups in total. The van der Waals surface area contributed by atoms with Crippen molar-refractivity contribution >= 4 is 11.8 Å². The normalized spacial score (nSPS) is 15.1. The van der Waals surface area contributed by atoms with Gasteiger partial charge in [0.15, 0.2) is 5.82 Å². The van der Waals surface area contributed by atoms with Crippen molar-refractivity contribution in [1.29, 1.82) is 5.26 Å². The van der Waals surface area contributed by atoms with Gasteiger partial charge in [-0.1, -0.05) is 0 Å². The Morgan fingerprint density at radius 1 is 1.50 bits per heavy atom. The Kier molecular flexibility index (Phi) is 3.15. The average molecular weight is 246 g/mol. The van der Waals surface area contributed by atoms with Gasteiger partial charge in [-0.3, -0.25) is 4.79 Å². The van der Waals surface area contributed by atoms with E-state index in [9.17, 15) is 4.79 Å². The zero-order valence-corrected chi connectivity index (χ0v) is 10.3. The van der Waals surface area contributed by atoms with Crippen molar-refractivity contribution in [2.45, 2.75) is 20.3 Å². The van der Waals surface area contributed by atoms with Crippen molar-refractivity contribution in [3.05, 3.63) is 16.8 Å². The number of nitrogens with zero attached hydrogens (tertiary/aromatic N) is 4. The smallest absolute Gasteiger partial charge is 0.303 e. The zero-order chi connectivity index (χ0) is 13.3. The van der Waals surface area contributed by atoms with Gasteiger partial charge in [0.05, 0.1) is 12.1 Å².